The van der Waals surface area contributed by atoms with E-state index in [0.717, 1.165) is 21.2 Å². The Labute approximate surface area is 145 Å². The van der Waals surface area contributed by atoms with Gasteiger partial charge >= 0.3 is 6.18 Å². The quantitative estimate of drug-likeness (QED) is 0.782. The molecule has 2 heterocycles. The van der Waals surface area contributed by atoms with Crippen LogP contribution in [0.3, 0.4) is 0 Å². The number of aromatic nitrogens is 3. The standard InChI is InChI=1S/C14H17F3N4OS2/c1-8(2)11(9-5-4-6-23-9)18-10(22)7-24-13-20-19-12(21(13)3)14(15,16)17/h4-6,8,11H,7H2,1-3H3,(H,18,22)/t11-/m1/s1. The number of carbonyl (C=O) groups excluding carboxylic acids is 1. The van der Waals surface area contributed by atoms with E-state index >= 15 is 0 Å². The van der Waals surface area contributed by atoms with Crippen molar-refractivity contribution in [3.63, 3.8) is 0 Å². The van der Waals surface area contributed by atoms with Crippen LogP contribution >= 0.6 is 23.1 Å². The lowest BCUT2D eigenvalue weighted by molar-refractivity contribution is -0.147. The maximum absolute atomic E-state index is 12.7. The van der Waals surface area contributed by atoms with Crippen LogP contribution in [-0.2, 0) is 18.0 Å². The van der Waals surface area contributed by atoms with Gasteiger partial charge in [-0.1, -0.05) is 31.7 Å². The number of thiophene rings is 1. The summed E-state index contributed by atoms with van der Waals surface area (Å²) in [4.78, 5) is 13.2. The minimum absolute atomic E-state index is 0.0293. The molecule has 24 heavy (non-hydrogen) atoms. The number of halogens is 3. The van der Waals surface area contributed by atoms with E-state index in [9.17, 15) is 18.0 Å². The molecule has 0 aliphatic heterocycles. The Morgan fingerprint density at radius 1 is 1.42 bits per heavy atom. The van der Waals surface area contributed by atoms with Crippen LogP contribution in [0.2, 0.25) is 0 Å². The molecule has 0 bridgehead atoms. The molecule has 0 aliphatic rings. The number of hydrogen-bond acceptors (Lipinski definition) is 5. The Morgan fingerprint density at radius 2 is 2.12 bits per heavy atom. The van der Waals surface area contributed by atoms with Crippen LogP contribution < -0.4 is 5.32 Å². The second-order valence-corrected chi connectivity index (χ2v) is 7.38. The molecular formula is C14H17F3N4OS2. The first-order valence-corrected chi connectivity index (χ1v) is 8.98. The SMILES string of the molecule is CC(C)[C@@H](NC(=O)CSc1nnc(C(F)(F)F)n1C)c1cccs1. The summed E-state index contributed by atoms with van der Waals surface area (Å²) in [7, 11) is 1.23. The van der Waals surface area contributed by atoms with E-state index in [1.165, 1.54) is 7.05 Å². The largest absolute Gasteiger partial charge is 0.451 e. The van der Waals surface area contributed by atoms with E-state index in [0.29, 0.717) is 0 Å². The monoisotopic (exact) mass is 378 g/mol. The lowest BCUT2D eigenvalue weighted by Gasteiger charge is -2.21. The number of nitrogens with zero attached hydrogens (tertiary/aromatic N) is 3. The molecule has 1 N–H and O–H groups in total. The summed E-state index contributed by atoms with van der Waals surface area (Å²) < 4.78 is 38.8. The molecule has 0 spiro atoms. The summed E-state index contributed by atoms with van der Waals surface area (Å²) >= 11 is 2.48. The number of hydrogen-bond donors (Lipinski definition) is 1. The van der Waals surface area contributed by atoms with E-state index in [1.807, 2.05) is 31.4 Å². The van der Waals surface area contributed by atoms with E-state index in [-0.39, 0.29) is 28.8 Å². The fourth-order valence-electron chi connectivity index (χ4n) is 2.07. The first-order valence-electron chi connectivity index (χ1n) is 7.12. The second kappa shape index (κ2) is 7.56. The van der Waals surface area contributed by atoms with Gasteiger partial charge in [0.2, 0.25) is 11.7 Å². The third kappa shape index (κ3) is 4.50. The summed E-state index contributed by atoms with van der Waals surface area (Å²) in [6.45, 7) is 3.99. The fraction of sp³-hybridized carbons (Fsp3) is 0.500. The van der Waals surface area contributed by atoms with Crippen molar-refractivity contribution in [1.29, 1.82) is 0 Å². The lowest BCUT2D eigenvalue weighted by atomic mass is 10.0. The van der Waals surface area contributed by atoms with Crippen molar-refractivity contribution in [1.82, 2.24) is 20.1 Å². The zero-order valence-electron chi connectivity index (χ0n) is 13.3. The number of rotatable bonds is 6. The molecule has 5 nitrogen and oxygen atoms in total. The second-order valence-electron chi connectivity index (χ2n) is 5.46. The Kier molecular flexibility index (Phi) is 5.92. The molecule has 2 rings (SSSR count). The topological polar surface area (TPSA) is 59.8 Å². The molecule has 0 saturated heterocycles. The summed E-state index contributed by atoms with van der Waals surface area (Å²) in [6, 6.07) is 3.73. The molecule has 0 fully saturated rings. The van der Waals surface area contributed by atoms with Gasteiger partial charge in [-0.25, -0.2) is 0 Å². The maximum atomic E-state index is 12.7. The summed E-state index contributed by atoms with van der Waals surface area (Å²) in [5.41, 5.74) is 0. The van der Waals surface area contributed by atoms with Gasteiger partial charge in [-0.2, -0.15) is 13.2 Å². The normalized spacial score (nSPS) is 13.3. The van der Waals surface area contributed by atoms with Crippen LogP contribution in [-0.4, -0.2) is 26.4 Å². The van der Waals surface area contributed by atoms with E-state index in [1.54, 1.807) is 11.3 Å². The fourth-order valence-corrected chi connectivity index (χ4v) is 3.74. The highest BCUT2D eigenvalue weighted by Crippen LogP contribution is 2.30. The van der Waals surface area contributed by atoms with Crippen molar-refractivity contribution in [3.8, 4) is 0 Å². The van der Waals surface area contributed by atoms with Crippen LogP contribution in [0.5, 0.6) is 0 Å². The van der Waals surface area contributed by atoms with Gasteiger partial charge in [-0.3, -0.25) is 4.79 Å². The third-order valence-corrected chi connectivity index (χ3v) is 5.23. The van der Waals surface area contributed by atoms with Crippen molar-refractivity contribution in [3.05, 3.63) is 28.2 Å². The molecule has 0 aromatic carbocycles. The highest BCUT2D eigenvalue weighted by Gasteiger charge is 2.37. The minimum Gasteiger partial charge on any atom is -0.347 e. The molecule has 2 aromatic rings. The Hall–Kier alpha value is -1.55. The maximum Gasteiger partial charge on any atom is 0.451 e. The number of amides is 1. The van der Waals surface area contributed by atoms with Gasteiger partial charge in [0.15, 0.2) is 5.16 Å². The van der Waals surface area contributed by atoms with Gasteiger partial charge in [0.05, 0.1) is 11.8 Å². The lowest BCUT2D eigenvalue weighted by Crippen LogP contribution is -2.32. The number of thioether (sulfide) groups is 1. The van der Waals surface area contributed by atoms with E-state index in [4.69, 9.17) is 0 Å². The molecule has 0 aliphatic carbocycles. The van der Waals surface area contributed by atoms with Crippen LogP contribution in [0.4, 0.5) is 13.2 Å². The smallest absolute Gasteiger partial charge is 0.347 e. The molecule has 1 amide bonds. The average Bonchev–Trinajstić information content (AvgIpc) is 3.11. The van der Waals surface area contributed by atoms with Crippen LogP contribution in [0, 0.1) is 5.92 Å². The van der Waals surface area contributed by atoms with Crippen LogP contribution in [0.25, 0.3) is 0 Å². The molecule has 10 heteroatoms. The first kappa shape index (κ1) is 18.8. The zero-order chi connectivity index (χ0) is 17.9. The van der Waals surface area contributed by atoms with Gasteiger partial charge in [-0.15, -0.1) is 21.5 Å². The number of alkyl halides is 3. The number of nitrogens with one attached hydrogen (secondary N) is 1. The predicted molar refractivity (Wildman–Crippen MR) is 86.8 cm³/mol. The van der Waals surface area contributed by atoms with Crippen LogP contribution in [0.1, 0.15) is 30.6 Å². The Balaban J connectivity index is 1.97. The van der Waals surface area contributed by atoms with Gasteiger partial charge in [0.1, 0.15) is 0 Å². The predicted octanol–water partition coefficient (Wildman–Crippen LogP) is 3.50. The summed E-state index contributed by atoms with van der Waals surface area (Å²) in [5.74, 6) is -1.17. The van der Waals surface area contributed by atoms with Crippen molar-refractivity contribution in [2.24, 2.45) is 13.0 Å². The first-order chi connectivity index (χ1) is 11.2. The van der Waals surface area contributed by atoms with Crippen molar-refractivity contribution >= 4 is 29.0 Å². The summed E-state index contributed by atoms with van der Waals surface area (Å²) in [5, 5.41) is 11.5. The van der Waals surface area contributed by atoms with Crippen LogP contribution in [0.15, 0.2) is 22.7 Å². The molecule has 0 saturated carbocycles. The van der Waals surface area contributed by atoms with E-state index < -0.39 is 12.0 Å². The van der Waals surface area contributed by atoms with Crippen molar-refractivity contribution < 1.29 is 18.0 Å². The number of carbonyl (C=O) groups is 1. The molecule has 1 atom stereocenters. The highest BCUT2D eigenvalue weighted by atomic mass is 32.2. The molecule has 0 radical (unpaired) electrons. The Morgan fingerprint density at radius 3 is 2.62 bits per heavy atom. The minimum atomic E-state index is -4.56. The molecule has 132 valence electrons. The van der Waals surface area contributed by atoms with E-state index in [2.05, 4.69) is 15.5 Å². The Bertz CT molecular complexity index is 683. The molecule has 0 unspecified atom stereocenters. The zero-order valence-corrected chi connectivity index (χ0v) is 14.9. The van der Waals surface area contributed by atoms with Gasteiger partial charge in [0.25, 0.3) is 0 Å². The highest BCUT2D eigenvalue weighted by molar-refractivity contribution is 7.99. The molecule has 2 aromatic heterocycles. The summed E-state index contributed by atoms with van der Waals surface area (Å²) in [6.07, 6.45) is -4.56. The van der Waals surface area contributed by atoms with Gasteiger partial charge in [0, 0.05) is 11.9 Å². The molecular weight excluding hydrogens is 361 g/mol. The van der Waals surface area contributed by atoms with Crippen molar-refractivity contribution in [2.45, 2.75) is 31.2 Å². The average molecular weight is 378 g/mol. The van der Waals surface area contributed by atoms with Gasteiger partial charge in [-0.05, 0) is 17.4 Å². The van der Waals surface area contributed by atoms with Gasteiger partial charge < -0.3 is 9.88 Å². The third-order valence-electron chi connectivity index (χ3n) is 3.25. The van der Waals surface area contributed by atoms with Crippen molar-refractivity contribution in [2.75, 3.05) is 5.75 Å².